The largest absolute Gasteiger partial charge is 0.360 e. The first-order valence-electron chi connectivity index (χ1n) is 9.38. The van der Waals surface area contributed by atoms with Crippen molar-refractivity contribution in [2.75, 3.05) is 31.1 Å². The summed E-state index contributed by atoms with van der Waals surface area (Å²) < 4.78 is 4.79. The van der Waals surface area contributed by atoms with Gasteiger partial charge in [0.05, 0.1) is 26.2 Å². The summed E-state index contributed by atoms with van der Waals surface area (Å²) in [6.07, 6.45) is 3.96. The predicted octanol–water partition coefficient (Wildman–Crippen LogP) is 1.10. The quantitative estimate of drug-likeness (QED) is 0.688. The standard InChI is InChI=1S/C20H24N6S/c1-16-5-3-4-6-18(16)19-22-26(20(27)23(19)2)15-24-11-13-25(14-12-24)17-7-9-21-10-8-17/h3-10H,11-15H2,1-2H3/p+2. The maximum absolute atomic E-state index is 5.66. The Morgan fingerprint density at radius 2 is 1.81 bits per heavy atom. The number of quaternary nitrogens is 1. The summed E-state index contributed by atoms with van der Waals surface area (Å²) >= 11 is 5.66. The molecule has 3 aromatic rings. The van der Waals surface area contributed by atoms with Gasteiger partial charge < -0.3 is 14.4 Å². The van der Waals surface area contributed by atoms with E-state index in [1.807, 2.05) is 28.7 Å². The normalized spacial score (nSPS) is 15.3. The van der Waals surface area contributed by atoms with Crippen molar-refractivity contribution in [3.05, 3.63) is 59.1 Å². The van der Waals surface area contributed by atoms with Gasteiger partial charge in [-0.1, -0.05) is 24.3 Å². The minimum atomic E-state index is 0.779. The number of nitrogens with one attached hydrogen (secondary N) is 2. The highest BCUT2D eigenvalue weighted by Gasteiger charge is 2.22. The molecule has 1 fully saturated rings. The molecule has 2 aromatic heterocycles. The molecule has 0 spiro atoms. The zero-order valence-electron chi connectivity index (χ0n) is 15.9. The van der Waals surface area contributed by atoms with E-state index in [2.05, 4.69) is 53.2 Å². The van der Waals surface area contributed by atoms with Gasteiger partial charge in [-0.3, -0.25) is 0 Å². The van der Waals surface area contributed by atoms with E-state index in [1.165, 1.54) is 16.2 Å². The highest BCUT2D eigenvalue weighted by molar-refractivity contribution is 7.71. The van der Waals surface area contributed by atoms with Gasteiger partial charge in [0.1, 0.15) is 0 Å². The number of H-pyrrole nitrogens is 1. The minimum Gasteiger partial charge on any atom is -0.360 e. The van der Waals surface area contributed by atoms with Crippen LogP contribution in [0.25, 0.3) is 11.4 Å². The van der Waals surface area contributed by atoms with Gasteiger partial charge in [-0.25, -0.2) is 4.98 Å². The van der Waals surface area contributed by atoms with Crippen molar-refractivity contribution in [3.8, 4) is 11.4 Å². The summed E-state index contributed by atoms with van der Waals surface area (Å²) in [7, 11) is 2.01. The maximum atomic E-state index is 5.66. The van der Waals surface area contributed by atoms with Gasteiger partial charge in [-0.15, -0.1) is 5.10 Å². The van der Waals surface area contributed by atoms with Gasteiger partial charge in [-0.2, -0.15) is 4.68 Å². The Morgan fingerprint density at radius 1 is 1.11 bits per heavy atom. The first-order valence-corrected chi connectivity index (χ1v) is 9.79. The van der Waals surface area contributed by atoms with Crippen LogP contribution in [0.5, 0.6) is 0 Å². The van der Waals surface area contributed by atoms with E-state index in [0.29, 0.717) is 0 Å². The van der Waals surface area contributed by atoms with E-state index in [-0.39, 0.29) is 0 Å². The number of hydrogen-bond acceptors (Lipinski definition) is 3. The summed E-state index contributed by atoms with van der Waals surface area (Å²) in [5.74, 6) is 0.941. The number of rotatable bonds is 4. The van der Waals surface area contributed by atoms with Crippen LogP contribution in [0.3, 0.4) is 0 Å². The summed E-state index contributed by atoms with van der Waals surface area (Å²) in [5.41, 5.74) is 3.64. The highest BCUT2D eigenvalue weighted by atomic mass is 32.1. The van der Waals surface area contributed by atoms with E-state index in [0.717, 1.165) is 49.0 Å². The van der Waals surface area contributed by atoms with Crippen LogP contribution in [0, 0.1) is 11.7 Å². The average molecular weight is 383 g/mol. The van der Waals surface area contributed by atoms with Crippen LogP contribution in [-0.4, -0.2) is 40.5 Å². The van der Waals surface area contributed by atoms with Crippen LogP contribution in [0.15, 0.2) is 48.8 Å². The Hall–Kier alpha value is -2.51. The molecule has 4 rings (SSSR count). The van der Waals surface area contributed by atoms with Crippen molar-refractivity contribution in [1.82, 2.24) is 14.3 Å². The molecule has 3 heterocycles. The SMILES string of the molecule is Cc1ccccc1-c1nn(C[NH+]2CCN(c3cc[nH+]cc3)CC2)c(=S)n1C. The van der Waals surface area contributed by atoms with Crippen molar-refractivity contribution in [2.24, 2.45) is 7.05 Å². The lowest BCUT2D eigenvalue weighted by atomic mass is 10.1. The van der Waals surface area contributed by atoms with Gasteiger partial charge in [0.15, 0.2) is 24.9 Å². The van der Waals surface area contributed by atoms with Crippen LogP contribution < -0.4 is 14.8 Å². The second-order valence-electron chi connectivity index (χ2n) is 7.13. The van der Waals surface area contributed by atoms with Crippen molar-refractivity contribution >= 4 is 17.9 Å². The van der Waals surface area contributed by atoms with Crippen LogP contribution in [0.1, 0.15) is 5.56 Å². The first kappa shape index (κ1) is 17.9. The van der Waals surface area contributed by atoms with Gasteiger partial charge >= 0.3 is 0 Å². The van der Waals surface area contributed by atoms with Crippen molar-refractivity contribution in [1.29, 1.82) is 0 Å². The summed E-state index contributed by atoms with van der Waals surface area (Å²) in [6.45, 7) is 7.18. The van der Waals surface area contributed by atoms with Crippen molar-refractivity contribution < 1.29 is 9.88 Å². The summed E-state index contributed by atoms with van der Waals surface area (Å²) in [4.78, 5) is 7.04. The van der Waals surface area contributed by atoms with E-state index in [9.17, 15) is 0 Å². The lowest BCUT2D eigenvalue weighted by Crippen LogP contribution is -3.14. The lowest BCUT2D eigenvalue weighted by molar-refractivity contribution is -0.924. The fourth-order valence-electron chi connectivity index (χ4n) is 3.69. The van der Waals surface area contributed by atoms with Gasteiger partial charge in [0.2, 0.25) is 4.77 Å². The van der Waals surface area contributed by atoms with Crippen molar-refractivity contribution in [3.63, 3.8) is 0 Å². The van der Waals surface area contributed by atoms with Crippen LogP contribution in [0.2, 0.25) is 0 Å². The molecule has 1 saturated heterocycles. The molecule has 0 atom stereocenters. The molecule has 7 heteroatoms. The van der Waals surface area contributed by atoms with Crippen LogP contribution in [-0.2, 0) is 13.7 Å². The molecule has 0 radical (unpaired) electrons. The zero-order valence-corrected chi connectivity index (χ0v) is 16.7. The second-order valence-corrected chi connectivity index (χ2v) is 7.50. The van der Waals surface area contributed by atoms with Gasteiger partial charge in [-0.05, 0) is 24.7 Å². The molecule has 0 saturated carbocycles. The molecular weight excluding hydrogens is 356 g/mol. The Kier molecular flexibility index (Phi) is 5.05. The molecule has 27 heavy (non-hydrogen) atoms. The number of pyridine rings is 1. The lowest BCUT2D eigenvalue weighted by Gasteiger charge is -2.33. The summed E-state index contributed by atoms with van der Waals surface area (Å²) in [5, 5.41) is 4.85. The van der Waals surface area contributed by atoms with Gasteiger partial charge in [0.25, 0.3) is 0 Å². The molecule has 0 bridgehead atoms. The summed E-state index contributed by atoms with van der Waals surface area (Å²) in [6, 6.07) is 12.6. The monoisotopic (exact) mass is 382 g/mol. The molecule has 2 N–H and O–H groups in total. The maximum Gasteiger partial charge on any atom is 0.202 e. The van der Waals surface area contributed by atoms with E-state index in [4.69, 9.17) is 17.3 Å². The Bertz CT molecular complexity index is 970. The third-order valence-electron chi connectivity index (χ3n) is 5.34. The van der Waals surface area contributed by atoms with Crippen molar-refractivity contribution in [2.45, 2.75) is 13.6 Å². The molecule has 0 aliphatic carbocycles. The Morgan fingerprint density at radius 3 is 2.52 bits per heavy atom. The molecule has 1 aromatic carbocycles. The fraction of sp³-hybridized carbons (Fsp3) is 0.350. The zero-order chi connectivity index (χ0) is 18.8. The Labute approximate surface area is 164 Å². The molecule has 140 valence electrons. The minimum absolute atomic E-state index is 0.779. The number of aryl methyl sites for hydroxylation is 1. The van der Waals surface area contributed by atoms with Crippen LogP contribution >= 0.6 is 12.2 Å². The molecule has 0 amide bonds. The topological polar surface area (TPSA) is 44.6 Å². The number of hydrogen-bond donors (Lipinski definition) is 1. The number of nitrogens with zero attached hydrogens (tertiary/aromatic N) is 4. The number of piperazine rings is 1. The predicted molar refractivity (Wildman–Crippen MR) is 108 cm³/mol. The average Bonchev–Trinajstić information content (AvgIpc) is 2.98. The Balaban J connectivity index is 1.47. The number of benzene rings is 1. The van der Waals surface area contributed by atoms with E-state index >= 15 is 0 Å². The van der Waals surface area contributed by atoms with Gasteiger partial charge in [0, 0.05) is 30.4 Å². The number of anilines is 1. The third-order valence-corrected chi connectivity index (χ3v) is 5.82. The second kappa shape index (κ2) is 7.62. The third kappa shape index (κ3) is 3.65. The smallest absolute Gasteiger partial charge is 0.202 e. The van der Waals surface area contributed by atoms with E-state index in [1.54, 1.807) is 0 Å². The number of aromatic nitrogens is 4. The molecule has 6 nitrogen and oxygen atoms in total. The number of aromatic amines is 1. The molecule has 1 aliphatic rings. The molecule has 1 aliphatic heterocycles. The van der Waals surface area contributed by atoms with E-state index < -0.39 is 0 Å². The first-order chi connectivity index (χ1) is 13.1. The van der Waals surface area contributed by atoms with Crippen LogP contribution in [0.4, 0.5) is 5.69 Å². The fourth-order valence-corrected chi connectivity index (χ4v) is 3.88. The highest BCUT2D eigenvalue weighted by Crippen LogP contribution is 2.21. The molecule has 0 unspecified atom stereocenters. The molecular formula is C20H26N6S+2.